The zero-order chi connectivity index (χ0) is 21.1. The Morgan fingerprint density at radius 2 is 1.64 bits per heavy atom. The number of urea groups is 1. The third-order valence-corrected chi connectivity index (χ3v) is 3.55. The van der Waals surface area contributed by atoms with Crippen LogP contribution in [0.15, 0.2) is 18.2 Å². The predicted octanol–water partition coefficient (Wildman–Crippen LogP) is 3.83. The van der Waals surface area contributed by atoms with Gasteiger partial charge in [0.2, 0.25) is 17.2 Å². The number of rotatable bonds is 6. The van der Waals surface area contributed by atoms with Crippen molar-refractivity contribution in [2.45, 2.75) is 13.8 Å². The normalized spacial score (nSPS) is 9.68. The Bertz CT molecular complexity index is 751. The van der Waals surface area contributed by atoms with Crippen LogP contribution in [0.4, 0.5) is 22.4 Å². The maximum Gasteiger partial charge on any atom is 0.321 e. The summed E-state index contributed by atoms with van der Waals surface area (Å²) in [6.07, 6.45) is 0. The molecule has 0 radical (unpaired) electrons. The number of benzene rings is 1. The van der Waals surface area contributed by atoms with Crippen LogP contribution in [0.25, 0.3) is 0 Å². The van der Waals surface area contributed by atoms with Crippen molar-refractivity contribution in [1.29, 1.82) is 0 Å². The van der Waals surface area contributed by atoms with E-state index in [-0.39, 0.29) is 11.3 Å². The third-order valence-electron chi connectivity index (χ3n) is 3.09. The molecule has 3 N–H and O–H groups in total. The Hall–Kier alpha value is -2.52. The van der Waals surface area contributed by atoms with Crippen LogP contribution >= 0.6 is 23.2 Å². The number of nitrogens with one attached hydrogen (secondary N) is 3. The van der Waals surface area contributed by atoms with Crippen LogP contribution in [0.5, 0.6) is 5.75 Å². The minimum atomic E-state index is -0.198. The number of hydrogen-bond acceptors (Lipinski definition) is 7. The number of nitrogens with zero attached hydrogens (tertiary/aromatic N) is 4. The summed E-state index contributed by atoms with van der Waals surface area (Å²) in [5.41, 5.74) is 0.638. The van der Waals surface area contributed by atoms with Gasteiger partial charge >= 0.3 is 6.03 Å². The molecular formula is C17H25Cl2N7O2. The molecule has 0 fully saturated rings. The second-order valence-corrected chi connectivity index (χ2v) is 6.23. The lowest BCUT2D eigenvalue weighted by molar-refractivity contribution is 0.230. The molecule has 1 heterocycles. The standard InChI is InChI=1S/C10H13ClN2O2.C7H12ClN5/c1-13(2)10(14)12-7-4-5-9(15-3)8(11)6-7;1-3-9-6-11-5(8)12-7(13-6)10-4-2/h4-6H,1-3H3,(H,12,14);3-4H2,1-2H3,(H2,9,10,11,12,13). The molecule has 2 amide bonds. The van der Waals surface area contributed by atoms with E-state index in [1.807, 2.05) is 13.8 Å². The average molecular weight is 430 g/mol. The molecule has 0 unspecified atom stereocenters. The molecule has 0 aliphatic heterocycles. The molecule has 154 valence electrons. The van der Waals surface area contributed by atoms with Gasteiger partial charge in [-0.3, -0.25) is 0 Å². The number of halogens is 2. The van der Waals surface area contributed by atoms with Crippen molar-refractivity contribution in [2.24, 2.45) is 0 Å². The van der Waals surface area contributed by atoms with Crippen molar-refractivity contribution < 1.29 is 9.53 Å². The Labute approximate surface area is 174 Å². The summed E-state index contributed by atoms with van der Waals surface area (Å²) in [6.45, 7) is 5.44. The zero-order valence-corrected chi connectivity index (χ0v) is 18.0. The van der Waals surface area contributed by atoms with Gasteiger partial charge in [0.1, 0.15) is 5.75 Å². The van der Waals surface area contributed by atoms with Crippen LogP contribution in [0.3, 0.4) is 0 Å². The molecule has 0 saturated heterocycles. The van der Waals surface area contributed by atoms with E-state index in [2.05, 4.69) is 30.9 Å². The fourth-order valence-corrected chi connectivity index (χ4v) is 2.22. The van der Waals surface area contributed by atoms with E-state index in [1.165, 1.54) is 4.90 Å². The highest BCUT2D eigenvalue weighted by atomic mass is 35.5. The van der Waals surface area contributed by atoms with E-state index < -0.39 is 0 Å². The van der Waals surface area contributed by atoms with Crippen molar-refractivity contribution in [1.82, 2.24) is 19.9 Å². The Balaban J connectivity index is 0.000000283. The molecule has 0 atom stereocenters. The van der Waals surface area contributed by atoms with Crippen molar-refractivity contribution in [3.8, 4) is 5.75 Å². The van der Waals surface area contributed by atoms with Crippen LogP contribution in [-0.4, -0.2) is 60.2 Å². The molecule has 1 aromatic heterocycles. The van der Waals surface area contributed by atoms with Gasteiger partial charge < -0.3 is 25.6 Å². The molecule has 0 spiro atoms. The number of anilines is 3. The van der Waals surface area contributed by atoms with E-state index in [0.717, 1.165) is 13.1 Å². The van der Waals surface area contributed by atoms with E-state index in [1.54, 1.807) is 39.4 Å². The summed E-state index contributed by atoms with van der Waals surface area (Å²) in [5, 5.41) is 9.26. The van der Waals surface area contributed by atoms with Crippen LogP contribution in [0, 0.1) is 0 Å². The largest absolute Gasteiger partial charge is 0.495 e. The smallest absolute Gasteiger partial charge is 0.321 e. The van der Waals surface area contributed by atoms with E-state index in [0.29, 0.717) is 28.4 Å². The quantitative estimate of drug-likeness (QED) is 0.640. The molecule has 28 heavy (non-hydrogen) atoms. The summed E-state index contributed by atoms with van der Waals surface area (Å²) in [4.78, 5) is 24.6. The van der Waals surface area contributed by atoms with E-state index in [9.17, 15) is 4.79 Å². The van der Waals surface area contributed by atoms with Gasteiger partial charge in [0.15, 0.2) is 0 Å². The number of ether oxygens (including phenoxy) is 1. The predicted molar refractivity (Wildman–Crippen MR) is 114 cm³/mol. The SMILES string of the molecule is CCNc1nc(Cl)nc(NCC)n1.COc1ccc(NC(=O)N(C)C)cc1Cl. The summed E-state index contributed by atoms with van der Waals surface area (Å²) in [7, 11) is 4.88. The second-order valence-electron chi connectivity index (χ2n) is 5.49. The van der Waals surface area contributed by atoms with Gasteiger partial charge in [-0.2, -0.15) is 15.0 Å². The Kier molecular flexibility index (Phi) is 10.1. The van der Waals surface area contributed by atoms with Crippen molar-refractivity contribution in [3.63, 3.8) is 0 Å². The molecule has 1 aromatic carbocycles. The van der Waals surface area contributed by atoms with E-state index in [4.69, 9.17) is 27.9 Å². The summed E-state index contributed by atoms with van der Waals surface area (Å²) >= 11 is 11.6. The second kappa shape index (κ2) is 12.0. The Morgan fingerprint density at radius 3 is 2.07 bits per heavy atom. The number of carbonyl (C=O) groups is 1. The molecule has 0 aliphatic carbocycles. The first-order valence-electron chi connectivity index (χ1n) is 8.51. The van der Waals surface area contributed by atoms with Crippen LogP contribution in [0.1, 0.15) is 13.8 Å². The average Bonchev–Trinajstić information content (AvgIpc) is 2.62. The number of carbonyl (C=O) groups excluding carboxylic acids is 1. The zero-order valence-electron chi connectivity index (χ0n) is 16.5. The number of amides is 2. The van der Waals surface area contributed by atoms with Gasteiger partial charge in [-0.05, 0) is 43.6 Å². The first-order chi connectivity index (χ1) is 13.3. The lowest BCUT2D eigenvalue weighted by atomic mass is 10.3. The topological polar surface area (TPSA) is 104 Å². The fraction of sp³-hybridized carbons (Fsp3) is 0.412. The fourth-order valence-electron chi connectivity index (χ4n) is 1.80. The van der Waals surface area contributed by atoms with Crippen molar-refractivity contribution in [3.05, 3.63) is 28.5 Å². The number of hydrogen-bond donors (Lipinski definition) is 3. The monoisotopic (exact) mass is 429 g/mol. The number of methoxy groups -OCH3 is 1. The van der Waals surface area contributed by atoms with E-state index >= 15 is 0 Å². The minimum Gasteiger partial charge on any atom is -0.495 e. The lowest BCUT2D eigenvalue weighted by Gasteiger charge is -2.12. The van der Waals surface area contributed by atoms with Gasteiger partial charge in [0.25, 0.3) is 0 Å². The molecular weight excluding hydrogens is 405 g/mol. The van der Waals surface area contributed by atoms with Gasteiger partial charge in [-0.25, -0.2) is 4.79 Å². The molecule has 0 bridgehead atoms. The van der Waals surface area contributed by atoms with Crippen LogP contribution in [-0.2, 0) is 0 Å². The van der Waals surface area contributed by atoms with Crippen molar-refractivity contribution >= 4 is 46.8 Å². The molecule has 0 aliphatic rings. The molecule has 9 nitrogen and oxygen atoms in total. The highest BCUT2D eigenvalue weighted by Crippen LogP contribution is 2.27. The molecule has 2 rings (SSSR count). The lowest BCUT2D eigenvalue weighted by Crippen LogP contribution is -2.27. The van der Waals surface area contributed by atoms with Crippen LogP contribution in [0.2, 0.25) is 10.3 Å². The maximum atomic E-state index is 11.3. The minimum absolute atomic E-state index is 0.196. The highest BCUT2D eigenvalue weighted by Gasteiger charge is 2.06. The van der Waals surface area contributed by atoms with Crippen molar-refractivity contribution in [2.75, 3.05) is 50.2 Å². The summed E-state index contributed by atoms with van der Waals surface area (Å²) < 4.78 is 5.00. The number of aromatic nitrogens is 3. The Morgan fingerprint density at radius 1 is 1.07 bits per heavy atom. The van der Waals surface area contributed by atoms with Gasteiger partial charge in [-0.15, -0.1) is 0 Å². The summed E-state index contributed by atoms with van der Waals surface area (Å²) in [5.74, 6) is 1.58. The molecule has 0 saturated carbocycles. The van der Waals surface area contributed by atoms with Gasteiger partial charge in [-0.1, -0.05) is 11.6 Å². The van der Waals surface area contributed by atoms with Crippen LogP contribution < -0.4 is 20.7 Å². The van der Waals surface area contributed by atoms with Gasteiger partial charge in [0.05, 0.1) is 12.1 Å². The van der Waals surface area contributed by atoms with Gasteiger partial charge in [0, 0.05) is 32.9 Å². The first-order valence-corrected chi connectivity index (χ1v) is 9.27. The first kappa shape index (κ1) is 23.5. The maximum absolute atomic E-state index is 11.3. The molecule has 2 aromatic rings. The molecule has 11 heteroatoms. The third kappa shape index (κ3) is 8.01. The summed E-state index contributed by atoms with van der Waals surface area (Å²) in [6, 6.07) is 4.87. The highest BCUT2D eigenvalue weighted by molar-refractivity contribution is 6.32.